The second-order valence-corrected chi connectivity index (χ2v) is 2.59. The van der Waals surface area contributed by atoms with Crippen molar-refractivity contribution in [2.24, 2.45) is 0 Å². The first kappa shape index (κ1) is 7.59. The fourth-order valence-electron chi connectivity index (χ4n) is 1.05. The lowest BCUT2D eigenvalue weighted by molar-refractivity contribution is 0.685. The summed E-state index contributed by atoms with van der Waals surface area (Å²) >= 11 is 0. The Morgan fingerprint density at radius 1 is 1.00 bits per heavy atom. The number of hydrogen-bond donors (Lipinski definition) is 0. The van der Waals surface area contributed by atoms with E-state index < -0.39 is 0 Å². The molecule has 1 aliphatic carbocycles. The van der Waals surface area contributed by atoms with E-state index in [1.54, 1.807) is 0 Å². The Kier molecular flexibility index (Phi) is 4.00. The molecule has 0 N–H and O–H groups in total. The van der Waals surface area contributed by atoms with Gasteiger partial charge in [0.2, 0.25) is 0 Å². The van der Waals surface area contributed by atoms with Crippen LogP contribution in [0.1, 0.15) is 32.1 Å². The Morgan fingerprint density at radius 3 is 3.00 bits per heavy atom. The van der Waals surface area contributed by atoms with E-state index in [0.29, 0.717) is 0 Å². The number of hydrogen-bond acceptors (Lipinski definition) is 0. The van der Waals surface area contributed by atoms with Crippen LogP contribution in [0.15, 0.2) is 24.3 Å². The van der Waals surface area contributed by atoms with Gasteiger partial charge in [-0.3, -0.25) is 0 Å². The minimum absolute atomic E-state index is 1.13. The molecular formula is C10H14. The molecule has 2 radical (unpaired) electrons. The van der Waals surface area contributed by atoms with Gasteiger partial charge in [0.1, 0.15) is 0 Å². The molecule has 0 aromatic rings. The molecule has 0 spiro atoms. The largest absolute Gasteiger partial charge is 0.0845 e. The Hall–Kier alpha value is -0.520. The standard InChI is InChI=1S/C10H14/c1-2-4-6-8-10-9-7-5-3-1/h1-4H,5,7-10H2/b3-1-,4-2-. The van der Waals surface area contributed by atoms with Gasteiger partial charge in [-0.2, -0.15) is 0 Å². The van der Waals surface area contributed by atoms with E-state index in [1.807, 2.05) is 6.08 Å². The van der Waals surface area contributed by atoms with E-state index in [0.717, 1.165) is 6.42 Å². The molecule has 0 aliphatic heterocycles. The van der Waals surface area contributed by atoms with E-state index >= 15 is 0 Å². The summed E-state index contributed by atoms with van der Waals surface area (Å²) < 4.78 is 0. The molecule has 0 amide bonds. The smallest absolute Gasteiger partial charge is 0.00842 e. The highest BCUT2D eigenvalue weighted by Crippen LogP contribution is 2.07. The van der Waals surface area contributed by atoms with Crippen LogP contribution in [0.2, 0.25) is 0 Å². The van der Waals surface area contributed by atoms with Gasteiger partial charge in [-0.25, -0.2) is 0 Å². The molecule has 0 heterocycles. The predicted molar refractivity (Wildman–Crippen MR) is 44.6 cm³/mol. The van der Waals surface area contributed by atoms with Gasteiger partial charge in [0.15, 0.2) is 0 Å². The summed E-state index contributed by atoms with van der Waals surface area (Å²) in [5.41, 5.74) is 0. The van der Waals surface area contributed by atoms with Crippen molar-refractivity contribution in [3.05, 3.63) is 30.7 Å². The quantitative estimate of drug-likeness (QED) is 0.477. The zero-order valence-electron chi connectivity index (χ0n) is 6.34. The highest BCUT2D eigenvalue weighted by Gasteiger charge is 1.88. The van der Waals surface area contributed by atoms with Gasteiger partial charge in [-0.15, -0.1) is 0 Å². The van der Waals surface area contributed by atoms with Gasteiger partial charge >= 0.3 is 0 Å². The molecule has 0 fully saturated rings. The zero-order chi connectivity index (χ0) is 7.07. The average molecular weight is 134 g/mol. The van der Waals surface area contributed by atoms with Crippen LogP contribution in [0, 0.1) is 6.42 Å². The van der Waals surface area contributed by atoms with Crippen LogP contribution in [0.3, 0.4) is 0 Å². The highest BCUT2D eigenvalue weighted by atomic mass is 13.9. The molecule has 0 atom stereocenters. The minimum Gasteiger partial charge on any atom is -0.0845 e. The summed E-state index contributed by atoms with van der Waals surface area (Å²) in [6, 6.07) is 0. The molecule has 0 bridgehead atoms. The van der Waals surface area contributed by atoms with E-state index in [2.05, 4.69) is 24.6 Å². The molecule has 0 aromatic carbocycles. The first-order valence-corrected chi connectivity index (χ1v) is 4.05. The van der Waals surface area contributed by atoms with Crippen molar-refractivity contribution in [2.75, 3.05) is 0 Å². The van der Waals surface area contributed by atoms with Crippen LogP contribution >= 0.6 is 0 Å². The van der Waals surface area contributed by atoms with Gasteiger partial charge in [0.05, 0.1) is 0 Å². The van der Waals surface area contributed by atoms with E-state index in [4.69, 9.17) is 0 Å². The average Bonchev–Trinajstić information content (AvgIpc) is 2.01. The molecule has 1 rings (SSSR count). The van der Waals surface area contributed by atoms with Crippen molar-refractivity contribution in [3.8, 4) is 0 Å². The SMILES string of the molecule is [C]1/C=C\C=C/CCCCC1. The topological polar surface area (TPSA) is 0 Å². The van der Waals surface area contributed by atoms with Crippen LogP contribution in [0.5, 0.6) is 0 Å². The van der Waals surface area contributed by atoms with Gasteiger partial charge < -0.3 is 0 Å². The summed E-state index contributed by atoms with van der Waals surface area (Å²) in [5, 5.41) is 0. The maximum Gasteiger partial charge on any atom is 0.00842 e. The third-order valence-electron chi connectivity index (χ3n) is 1.65. The molecule has 0 saturated heterocycles. The molecule has 1 aliphatic rings. The Morgan fingerprint density at radius 2 is 2.00 bits per heavy atom. The summed E-state index contributed by atoms with van der Waals surface area (Å²) in [7, 11) is 0. The number of rotatable bonds is 0. The van der Waals surface area contributed by atoms with Crippen molar-refractivity contribution < 1.29 is 0 Å². The monoisotopic (exact) mass is 134 g/mol. The molecule has 0 aromatic heterocycles. The van der Waals surface area contributed by atoms with Gasteiger partial charge in [0, 0.05) is 6.42 Å². The normalized spacial score (nSPS) is 27.2. The Bertz CT molecular complexity index is 104. The van der Waals surface area contributed by atoms with E-state index in [9.17, 15) is 0 Å². The second kappa shape index (κ2) is 5.28. The maximum absolute atomic E-state index is 3.22. The highest BCUT2D eigenvalue weighted by molar-refractivity contribution is 5.07. The maximum atomic E-state index is 3.22. The molecular weight excluding hydrogens is 120 g/mol. The molecule has 0 nitrogen and oxygen atoms in total. The van der Waals surface area contributed by atoms with Crippen molar-refractivity contribution in [3.63, 3.8) is 0 Å². The lowest BCUT2D eigenvalue weighted by Gasteiger charge is -1.97. The number of allylic oxidation sites excluding steroid dienone is 4. The molecule has 10 heavy (non-hydrogen) atoms. The summed E-state index contributed by atoms with van der Waals surface area (Å²) in [5.74, 6) is 0. The van der Waals surface area contributed by atoms with Crippen molar-refractivity contribution in [1.29, 1.82) is 0 Å². The van der Waals surface area contributed by atoms with Crippen LogP contribution in [0.25, 0.3) is 0 Å². The van der Waals surface area contributed by atoms with E-state index in [1.165, 1.54) is 25.7 Å². The molecule has 0 unspecified atom stereocenters. The molecule has 0 saturated carbocycles. The molecule has 54 valence electrons. The summed E-state index contributed by atoms with van der Waals surface area (Å²) in [4.78, 5) is 0. The van der Waals surface area contributed by atoms with Gasteiger partial charge in [-0.05, 0) is 19.3 Å². The van der Waals surface area contributed by atoms with Crippen LogP contribution in [-0.2, 0) is 0 Å². The molecule has 0 heteroatoms. The first-order valence-electron chi connectivity index (χ1n) is 4.05. The fraction of sp³-hybridized carbons (Fsp3) is 0.500. The zero-order valence-corrected chi connectivity index (χ0v) is 6.34. The van der Waals surface area contributed by atoms with Crippen molar-refractivity contribution in [1.82, 2.24) is 0 Å². The van der Waals surface area contributed by atoms with E-state index in [-0.39, 0.29) is 0 Å². The second-order valence-electron chi connectivity index (χ2n) is 2.59. The lowest BCUT2D eigenvalue weighted by Crippen LogP contribution is -1.78. The Balaban J connectivity index is 2.26. The first-order chi connectivity index (χ1) is 5.00. The third-order valence-corrected chi connectivity index (χ3v) is 1.65. The third kappa shape index (κ3) is 3.49. The lowest BCUT2D eigenvalue weighted by atomic mass is 10.1. The van der Waals surface area contributed by atoms with Crippen molar-refractivity contribution >= 4 is 0 Å². The van der Waals surface area contributed by atoms with Crippen LogP contribution < -0.4 is 0 Å². The van der Waals surface area contributed by atoms with Gasteiger partial charge in [0.25, 0.3) is 0 Å². The summed E-state index contributed by atoms with van der Waals surface area (Å²) in [6.45, 7) is 0. The Labute approximate surface area is 63.6 Å². The minimum atomic E-state index is 1.13. The van der Waals surface area contributed by atoms with Gasteiger partial charge in [-0.1, -0.05) is 37.1 Å². The van der Waals surface area contributed by atoms with Crippen LogP contribution in [0.4, 0.5) is 0 Å². The summed E-state index contributed by atoms with van der Waals surface area (Å²) in [6.07, 6.45) is 18.0. The predicted octanol–water partition coefficient (Wildman–Crippen LogP) is 3.14. The van der Waals surface area contributed by atoms with Crippen molar-refractivity contribution in [2.45, 2.75) is 32.1 Å². The fourth-order valence-corrected chi connectivity index (χ4v) is 1.05. The van der Waals surface area contributed by atoms with Crippen LogP contribution in [-0.4, -0.2) is 0 Å².